The Hall–Kier alpha value is -7.16. The second kappa shape index (κ2) is 13.4. The fourth-order valence-corrected chi connectivity index (χ4v) is 7.93. The van der Waals surface area contributed by atoms with Crippen molar-refractivity contribution in [1.29, 1.82) is 0 Å². The summed E-state index contributed by atoms with van der Waals surface area (Å²) in [6.45, 7) is 0. The van der Waals surface area contributed by atoms with Gasteiger partial charge in [-0.25, -0.2) is 0 Å². The van der Waals surface area contributed by atoms with Gasteiger partial charge in [0.2, 0.25) is 0 Å². The number of benzene rings is 9. The number of fused-ring (bicyclic) bond motifs is 4. The molecule has 10 rings (SSSR count). The molecular weight excluding hydrogens is 655 g/mol. The molecule has 0 saturated carbocycles. The van der Waals surface area contributed by atoms with E-state index in [4.69, 9.17) is 4.42 Å². The number of nitrogens with zero attached hydrogens (tertiary/aromatic N) is 1. The number of anilines is 3. The molecule has 0 atom stereocenters. The van der Waals surface area contributed by atoms with E-state index in [0.29, 0.717) is 0 Å². The quantitative estimate of drug-likeness (QED) is 0.166. The Morgan fingerprint density at radius 2 is 0.907 bits per heavy atom. The Morgan fingerprint density at radius 3 is 1.70 bits per heavy atom. The highest BCUT2D eigenvalue weighted by Crippen LogP contribution is 2.50. The van der Waals surface area contributed by atoms with Crippen LogP contribution < -0.4 is 4.90 Å². The summed E-state index contributed by atoms with van der Waals surface area (Å²) >= 11 is 0. The molecule has 0 aliphatic rings. The molecule has 2 nitrogen and oxygen atoms in total. The average Bonchev–Trinajstić information content (AvgIpc) is 3.64. The van der Waals surface area contributed by atoms with E-state index in [1.54, 1.807) is 0 Å². The van der Waals surface area contributed by atoms with Crippen LogP contribution >= 0.6 is 0 Å². The third kappa shape index (κ3) is 5.53. The molecule has 54 heavy (non-hydrogen) atoms. The van der Waals surface area contributed by atoms with Crippen molar-refractivity contribution in [3.8, 4) is 44.5 Å². The minimum Gasteiger partial charge on any atom is -0.454 e. The predicted molar refractivity (Wildman–Crippen MR) is 228 cm³/mol. The fourth-order valence-electron chi connectivity index (χ4n) is 7.93. The highest BCUT2D eigenvalue weighted by atomic mass is 16.3. The van der Waals surface area contributed by atoms with Crippen LogP contribution in [0.5, 0.6) is 0 Å². The topological polar surface area (TPSA) is 16.4 Å². The molecule has 0 aliphatic heterocycles. The molecule has 1 aromatic heterocycles. The molecule has 0 spiro atoms. The molecule has 10 aromatic rings. The smallest absolute Gasteiger partial charge is 0.159 e. The van der Waals surface area contributed by atoms with E-state index in [0.717, 1.165) is 61.3 Å². The van der Waals surface area contributed by atoms with Crippen LogP contribution in [0.3, 0.4) is 0 Å². The summed E-state index contributed by atoms with van der Waals surface area (Å²) in [4.78, 5) is 2.39. The minimum absolute atomic E-state index is 0.852. The Balaban J connectivity index is 1.25. The highest BCUT2D eigenvalue weighted by molar-refractivity contribution is 6.11. The van der Waals surface area contributed by atoms with Gasteiger partial charge in [0.25, 0.3) is 0 Å². The maximum absolute atomic E-state index is 6.75. The van der Waals surface area contributed by atoms with Gasteiger partial charge in [-0.15, -0.1) is 0 Å². The molecule has 0 aliphatic carbocycles. The Morgan fingerprint density at radius 1 is 0.333 bits per heavy atom. The van der Waals surface area contributed by atoms with Crippen LogP contribution in [0.2, 0.25) is 0 Å². The largest absolute Gasteiger partial charge is 0.454 e. The summed E-state index contributed by atoms with van der Waals surface area (Å²) < 4.78 is 6.75. The minimum atomic E-state index is 0.852. The van der Waals surface area contributed by atoms with Gasteiger partial charge in [-0.2, -0.15) is 0 Å². The van der Waals surface area contributed by atoms with Gasteiger partial charge in [-0.1, -0.05) is 176 Å². The summed E-state index contributed by atoms with van der Waals surface area (Å²) in [5, 5.41) is 4.67. The van der Waals surface area contributed by atoms with Gasteiger partial charge >= 0.3 is 0 Å². The molecule has 0 radical (unpaired) electrons. The molecule has 0 N–H and O–H groups in total. The van der Waals surface area contributed by atoms with Crippen LogP contribution in [0.25, 0.3) is 77.2 Å². The summed E-state index contributed by atoms with van der Waals surface area (Å²) in [5.74, 6) is 0. The van der Waals surface area contributed by atoms with Gasteiger partial charge in [-0.05, 0) is 86.1 Å². The lowest BCUT2D eigenvalue weighted by atomic mass is 9.87. The first-order valence-corrected chi connectivity index (χ1v) is 18.4. The highest BCUT2D eigenvalue weighted by Gasteiger charge is 2.25. The number of hydrogen-bond donors (Lipinski definition) is 0. The second-order valence-corrected chi connectivity index (χ2v) is 13.7. The molecule has 1 heterocycles. The van der Waals surface area contributed by atoms with Crippen molar-refractivity contribution in [2.75, 3.05) is 4.90 Å². The van der Waals surface area contributed by atoms with Crippen molar-refractivity contribution < 1.29 is 4.42 Å². The zero-order chi connectivity index (χ0) is 35.8. The molecule has 0 fully saturated rings. The zero-order valence-corrected chi connectivity index (χ0v) is 29.6. The monoisotopic (exact) mass is 689 g/mol. The molecule has 0 unspecified atom stereocenters. The lowest BCUT2D eigenvalue weighted by Gasteiger charge is -2.30. The predicted octanol–water partition coefficient (Wildman–Crippen LogP) is 14.9. The lowest BCUT2D eigenvalue weighted by Crippen LogP contribution is -2.12. The molecule has 0 amide bonds. The molecular formula is C52H35NO. The van der Waals surface area contributed by atoms with E-state index >= 15 is 0 Å². The maximum atomic E-state index is 6.75. The Labute approximate surface area is 314 Å². The second-order valence-electron chi connectivity index (χ2n) is 13.7. The van der Waals surface area contributed by atoms with E-state index < -0.39 is 0 Å². The van der Waals surface area contributed by atoms with Crippen LogP contribution in [-0.2, 0) is 0 Å². The van der Waals surface area contributed by atoms with Gasteiger partial charge < -0.3 is 9.32 Å². The van der Waals surface area contributed by atoms with Gasteiger partial charge in [0.15, 0.2) is 5.58 Å². The van der Waals surface area contributed by atoms with Crippen LogP contribution in [-0.4, -0.2) is 0 Å². The number of para-hydroxylation sites is 2. The van der Waals surface area contributed by atoms with E-state index in [9.17, 15) is 0 Å². The van der Waals surface area contributed by atoms with Gasteiger partial charge in [0.1, 0.15) is 5.58 Å². The van der Waals surface area contributed by atoms with E-state index in [1.165, 1.54) is 33.0 Å². The van der Waals surface area contributed by atoms with Crippen molar-refractivity contribution in [2.45, 2.75) is 0 Å². The summed E-state index contributed by atoms with van der Waals surface area (Å²) in [7, 11) is 0. The first-order chi connectivity index (χ1) is 26.8. The Kier molecular flexibility index (Phi) is 7.85. The summed E-state index contributed by atoms with van der Waals surface area (Å²) in [6.07, 6.45) is 0. The van der Waals surface area contributed by atoms with Crippen molar-refractivity contribution >= 4 is 49.8 Å². The zero-order valence-electron chi connectivity index (χ0n) is 29.6. The SMILES string of the molecule is c1ccc(-c2ccccc2-c2c(-c3ccccc3)cccc2N(c2ccc(-c3ccc4ccccc4c3)cc2)c2cccc3c2oc2ccccc23)cc1. The molecule has 0 saturated heterocycles. The normalized spacial score (nSPS) is 11.3. The van der Waals surface area contributed by atoms with Crippen LogP contribution in [0.15, 0.2) is 217 Å². The van der Waals surface area contributed by atoms with E-state index in [1.807, 2.05) is 6.07 Å². The first-order valence-electron chi connectivity index (χ1n) is 18.4. The van der Waals surface area contributed by atoms with Crippen molar-refractivity contribution in [2.24, 2.45) is 0 Å². The summed E-state index contributed by atoms with van der Waals surface area (Å²) in [5.41, 5.74) is 14.1. The third-order valence-corrected chi connectivity index (χ3v) is 10.5. The standard InChI is InChI=1S/C52H35NO/c1-3-16-38(17-4-1)43-21-9-10-23-46(43)51-44(39-18-5-2-6-19-39)24-13-26-48(51)53(49-27-14-25-47-45-22-11-12-28-50(45)54-52(47)49)42-33-31-37(32-34-42)41-30-29-36-15-7-8-20-40(36)35-41/h1-35H. The van der Waals surface area contributed by atoms with Gasteiger partial charge in [0, 0.05) is 22.0 Å². The maximum Gasteiger partial charge on any atom is 0.159 e. The molecule has 9 aromatic carbocycles. The molecule has 254 valence electrons. The van der Waals surface area contributed by atoms with Crippen LogP contribution in [0.4, 0.5) is 17.1 Å². The Bertz CT molecular complexity index is 2920. The van der Waals surface area contributed by atoms with Crippen molar-refractivity contribution in [1.82, 2.24) is 0 Å². The van der Waals surface area contributed by atoms with Crippen LogP contribution in [0, 0.1) is 0 Å². The van der Waals surface area contributed by atoms with Gasteiger partial charge in [-0.3, -0.25) is 0 Å². The van der Waals surface area contributed by atoms with Crippen molar-refractivity contribution in [3.05, 3.63) is 212 Å². The van der Waals surface area contributed by atoms with Crippen LogP contribution in [0.1, 0.15) is 0 Å². The number of furan rings is 1. The average molecular weight is 690 g/mol. The summed E-state index contributed by atoms with van der Waals surface area (Å²) in [6, 6.07) is 75.9. The molecule has 2 heteroatoms. The van der Waals surface area contributed by atoms with Gasteiger partial charge in [0.05, 0.1) is 11.4 Å². The fraction of sp³-hybridized carbons (Fsp3) is 0. The molecule has 0 bridgehead atoms. The number of hydrogen-bond acceptors (Lipinski definition) is 2. The van der Waals surface area contributed by atoms with E-state index in [2.05, 4.69) is 211 Å². The van der Waals surface area contributed by atoms with Crippen molar-refractivity contribution in [3.63, 3.8) is 0 Å². The van der Waals surface area contributed by atoms with E-state index in [-0.39, 0.29) is 0 Å². The number of rotatable bonds is 7. The first kappa shape index (κ1) is 31.6. The third-order valence-electron chi connectivity index (χ3n) is 10.5. The lowest BCUT2D eigenvalue weighted by molar-refractivity contribution is 0.669.